The van der Waals surface area contributed by atoms with Crippen molar-refractivity contribution in [1.82, 2.24) is 29.5 Å². The number of halogens is 4. The fourth-order valence-electron chi connectivity index (χ4n) is 4.76. The molecule has 1 amide bonds. The summed E-state index contributed by atoms with van der Waals surface area (Å²) in [5.74, 6) is -2.51. The summed E-state index contributed by atoms with van der Waals surface area (Å²) in [6.45, 7) is 1.96. The Morgan fingerprint density at radius 1 is 1.38 bits per heavy atom. The molecule has 2 atom stereocenters. The molecule has 1 fully saturated rings. The molecule has 5 rings (SSSR count). The standard InChI is InChI=1S/C24H21ClF3N9O3/c1-12(33-21(38)17-19(30)34-36-7-3-5-31-20(17)36)15-8-16(25)18-13(9-29)10-32-37(18)22(15)35-6-2-4-14(11-35)40-23(39)24(26,27)28/h3,5,7-8,10,12,14H,2,4,6,11H2,1H3,(H2,30,34)(H,33,38)/t12?,14-/m0/s1. The van der Waals surface area contributed by atoms with E-state index in [-0.39, 0.29) is 46.1 Å². The lowest BCUT2D eigenvalue weighted by Gasteiger charge is -2.36. The van der Waals surface area contributed by atoms with Crippen LogP contribution in [0.15, 0.2) is 30.7 Å². The predicted molar refractivity (Wildman–Crippen MR) is 136 cm³/mol. The first kappa shape index (κ1) is 27.0. The molecule has 1 unspecified atom stereocenters. The number of alkyl halides is 3. The van der Waals surface area contributed by atoms with Crippen molar-refractivity contribution >= 4 is 46.3 Å². The number of nitrogens with two attached hydrogens (primary N) is 1. The van der Waals surface area contributed by atoms with E-state index in [4.69, 9.17) is 22.1 Å². The van der Waals surface area contributed by atoms with E-state index in [2.05, 4.69) is 20.5 Å². The minimum atomic E-state index is -5.13. The summed E-state index contributed by atoms with van der Waals surface area (Å²) >= 11 is 6.55. The maximum atomic E-state index is 13.3. The second kappa shape index (κ2) is 10.2. The van der Waals surface area contributed by atoms with E-state index >= 15 is 0 Å². The Labute approximate surface area is 229 Å². The van der Waals surface area contributed by atoms with E-state index in [1.54, 1.807) is 30.2 Å². The van der Waals surface area contributed by atoms with Gasteiger partial charge in [-0.3, -0.25) is 4.79 Å². The van der Waals surface area contributed by atoms with Gasteiger partial charge in [-0.15, -0.1) is 5.10 Å². The summed E-state index contributed by atoms with van der Waals surface area (Å²) in [4.78, 5) is 30.7. The highest BCUT2D eigenvalue weighted by molar-refractivity contribution is 6.34. The van der Waals surface area contributed by atoms with Crippen molar-refractivity contribution in [3.8, 4) is 6.07 Å². The van der Waals surface area contributed by atoms with Crippen molar-refractivity contribution in [2.24, 2.45) is 0 Å². The van der Waals surface area contributed by atoms with Crippen molar-refractivity contribution in [2.45, 2.75) is 38.1 Å². The fourth-order valence-corrected chi connectivity index (χ4v) is 5.06. The number of rotatable bonds is 5. The Kier molecular flexibility index (Phi) is 6.88. The van der Waals surface area contributed by atoms with Crippen LogP contribution in [0.3, 0.4) is 0 Å². The smallest absolute Gasteiger partial charge is 0.454 e. The number of piperidine rings is 1. The number of nitriles is 1. The zero-order valence-electron chi connectivity index (χ0n) is 20.8. The van der Waals surface area contributed by atoms with Crippen molar-refractivity contribution in [3.05, 3.63) is 52.4 Å². The molecule has 208 valence electrons. The molecule has 1 aliphatic rings. The molecular weight excluding hydrogens is 555 g/mol. The molecular formula is C24H21ClF3N9O3. The van der Waals surface area contributed by atoms with Gasteiger partial charge >= 0.3 is 12.1 Å². The van der Waals surface area contributed by atoms with Gasteiger partial charge in [-0.2, -0.15) is 23.5 Å². The Bertz CT molecular complexity index is 1680. The van der Waals surface area contributed by atoms with Gasteiger partial charge < -0.3 is 20.7 Å². The largest absolute Gasteiger partial charge is 0.490 e. The average Bonchev–Trinajstić information content (AvgIpc) is 3.48. The van der Waals surface area contributed by atoms with Gasteiger partial charge in [0, 0.05) is 24.5 Å². The highest BCUT2D eigenvalue weighted by Gasteiger charge is 2.43. The number of anilines is 2. The maximum Gasteiger partial charge on any atom is 0.490 e. The van der Waals surface area contributed by atoms with Crippen LogP contribution in [0.5, 0.6) is 0 Å². The summed E-state index contributed by atoms with van der Waals surface area (Å²) < 4.78 is 46.0. The summed E-state index contributed by atoms with van der Waals surface area (Å²) in [6.07, 6.45) is -1.16. The molecule has 0 aliphatic carbocycles. The average molecular weight is 576 g/mol. The van der Waals surface area contributed by atoms with Gasteiger partial charge in [-0.05, 0) is 31.9 Å². The lowest BCUT2D eigenvalue weighted by molar-refractivity contribution is -0.205. The first-order valence-electron chi connectivity index (χ1n) is 12.0. The van der Waals surface area contributed by atoms with E-state index < -0.39 is 30.2 Å². The highest BCUT2D eigenvalue weighted by atomic mass is 35.5. The number of pyridine rings is 1. The Hall–Kier alpha value is -4.58. The molecule has 40 heavy (non-hydrogen) atoms. The summed E-state index contributed by atoms with van der Waals surface area (Å²) in [5.41, 5.74) is 7.20. The molecule has 5 heterocycles. The number of nitrogens with one attached hydrogen (secondary N) is 1. The van der Waals surface area contributed by atoms with E-state index in [1.807, 2.05) is 6.07 Å². The number of amides is 1. The second-order valence-electron chi connectivity index (χ2n) is 9.16. The SMILES string of the molecule is CC(NC(=O)c1c(N)nn2cccnc12)c1cc(Cl)c2c(C#N)cnn2c1N1CCC[C@H](OC(=O)C(F)(F)F)C1. The molecule has 16 heteroatoms. The molecule has 0 radical (unpaired) electrons. The number of nitrogens with zero attached hydrogens (tertiary/aromatic N) is 7. The minimum Gasteiger partial charge on any atom is -0.454 e. The van der Waals surface area contributed by atoms with Gasteiger partial charge in [0.2, 0.25) is 0 Å². The summed E-state index contributed by atoms with van der Waals surface area (Å²) in [7, 11) is 0. The Morgan fingerprint density at radius 3 is 2.88 bits per heavy atom. The predicted octanol–water partition coefficient (Wildman–Crippen LogP) is 3.05. The molecule has 4 aromatic heterocycles. The van der Waals surface area contributed by atoms with Gasteiger partial charge in [0.05, 0.1) is 29.4 Å². The third-order valence-corrected chi connectivity index (χ3v) is 6.79. The van der Waals surface area contributed by atoms with Crippen LogP contribution >= 0.6 is 11.6 Å². The third kappa shape index (κ3) is 4.81. The van der Waals surface area contributed by atoms with Gasteiger partial charge in [-0.1, -0.05) is 11.6 Å². The van der Waals surface area contributed by atoms with Crippen LogP contribution < -0.4 is 16.0 Å². The number of hydrogen-bond donors (Lipinski definition) is 2. The lowest BCUT2D eigenvalue weighted by Crippen LogP contribution is -2.44. The van der Waals surface area contributed by atoms with Crippen LogP contribution in [0.2, 0.25) is 5.02 Å². The van der Waals surface area contributed by atoms with Crippen LogP contribution in [-0.4, -0.2) is 61.5 Å². The monoisotopic (exact) mass is 575 g/mol. The second-order valence-corrected chi connectivity index (χ2v) is 9.57. The van der Waals surface area contributed by atoms with Crippen molar-refractivity contribution in [2.75, 3.05) is 23.7 Å². The number of carbonyl (C=O) groups excluding carboxylic acids is 2. The minimum absolute atomic E-state index is 0.0341. The zero-order chi connectivity index (χ0) is 28.8. The highest BCUT2D eigenvalue weighted by Crippen LogP contribution is 2.36. The number of ether oxygens (including phenoxy) is 1. The maximum absolute atomic E-state index is 13.3. The van der Waals surface area contributed by atoms with Crippen LogP contribution in [-0.2, 0) is 9.53 Å². The third-order valence-electron chi connectivity index (χ3n) is 6.50. The molecule has 12 nitrogen and oxygen atoms in total. The molecule has 0 spiro atoms. The number of hydrogen-bond acceptors (Lipinski definition) is 9. The van der Waals surface area contributed by atoms with E-state index in [0.717, 1.165) is 0 Å². The van der Waals surface area contributed by atoms with Gasteiger partial charge in [0.25, 0.3) is 5.91 Å². The van der Waals surface area contributed by atoms with E-state index in [9.17, 15) is 28.0 Å². The fraction of sp³-hybridized carbons (Fsp3) is 0.333. The van der Waals surface area contributed by atoms with Gasteiger partial charge in [-0.25, -0.2) is 18.8 Å². The normalized spacial score (nSPS) is 16.6. The summed E-state index contributed by atoms with van der Waals surface area (Å²) in [5, 5.41) is 21.0. The Balaban J connectivity index is 1.53. The molecule has 3 N–H and O–H groups in total. The Morgan fingerprint density at radius 2 is 2.15 bits per heavy atom. The topological polar surface area (TPSA) is 156 Å². The molecule has 0 bridgehead atoms. The number of esters is 1. The molecule has 1 saturated heterocycles. The van der Waals surface area contributed by atoms with Crippen LogP contribution in [0.25, 0.3) is 11.2 Å². The van der Waals surface area contributed by atoms with E-state index in [0.29, 0.717) is 24.3 Å². The van der Waals surface area contributed by atoms with Crippen LogP contribution in [0, 0.1) is 11.3 Å². The number of nitrogen functional groups attached to an aromatic ring is 1. The van der Waals surface area contributed by atoms with Gasteiger partial charge in [0.15, 0.2) is 11.5 Å². The molecule has 1 aliphatic heterocycles. The van der Waals surface area contributed by atoms with Gasteiger partial charge in [0.1, 0.15) is 29.1 Å². The first-order chi connectivity index (χ1) is 19.0. The summed E-state index contributed by atoms with van der Waals surface area (Å²) in [6, 6.07) is 4.46. The quantitative estimate of drug-likeness (QED) is 0.341. The number of carbonyl (C=O) groups is 2. The number of aromatic nitrogens is 5. The molecule has 0 aromatic carbocycles. The van der Waals surface area contributed by atoms with Crippen molar-refractivity contribution in [1.29, 1.82) is 5.26 Å². The van der Waals surface area contributed by atoms with E-state index in [1.165, 1.54) is 21.4 Å². The van der Waals surface area contributed by atoms with Crippen LogP contribution in [0.1, 0.15) is 47.3 Å². The van der Waals surface area contributed by atoms with Crippen molar-refractivity contribution < 1.29 is 27.5 Å². The molecule has 0 saturated carbocycles. The number of fused-ring (bicyclic) bond motifs is 2. The molecule has 4 aromatic rings. The lowest BCUT2D eigenvalue weighted by atomic mass is 10.0. The zero-order valence-corrected chi connectivity index (χ0v) is 21.6. The van der Waals surface area contributed by atoms with Crippen LogP contribution in [0.4, 0.5) is 24.8 Å². The first-order valence-corrected chi connectivity index (χ1v) is 12.4. The van der Waals surface area contributed by atoms with Crippen molar-refractivity contribution in [3.63, 3.8) is 0 Å².